The zero-order chi connectivity index (χ0) is 33.6. The van der Waals surface area contributed by atoms with E-state index in [9.17, 15) is 9.59 Å². The number of carbonyl (C=O) groups is 2. The Morgan fingerprint density at radius 1 is 0.596 bits per heavy atom. The number of benzene rings is 3. The van der Waals surface area contributed by atoms with Crippen LogP contribution in [0.2, 0.25) is 0 Å². The third kappa shape index (κ3) is 12.0. The first-order valence-electron chi connectivity index (χ1n) is 15.6. The van der Waals surface area contributed by atoms with Gasteiger partial charge in [0.2, 0.25) is 11.8 Å². The Morgan fingerprint density at radius 2 is 1.09 bits per heavy atom. The van der Waals surface area contributed by atoms with Gasteiger partial charge in [0.05, 0.1) is 17.8 Å². The summed E-state index contributed by atoms with van der Waals surface area (Å²) < 4.78 is 0. The van der Waals surface area contributed by atoms with E-state index in [1.807, 2.05) is 174 Å². The van der Waals surface area contributed by atoms with Crippen molar-refractivity contribution in [3.05, 3.63) is 155 Å². The summed E-state index contributed by atoms with van der Waals surface area (Å²) >= 11 is 0. The third-order valence-electron chi connectivity index (χ3n) is 6.92. The predicted molar refractivity (Wildman–Crippen MR) is 196 cm³/mol. The minimum Gasteiger partial charge on any atom is -0.326 e. The number of aromatic nitrogens is 2. The summed E-state index contributed by atoms with van der Waals surface area (Å²) in [7, 11) is 0. The first-order valence-corrected chi connectivity index (χ1v) is 15.6. The Hall–Kier alpha value is -5.62. The van der Waals surface area contributed by atoms with Crippen LogP contribution in [0.25, 0.3) is 24.3 Å². The monoisotopic (exact) mass is 622 g/mol. The Labute approximate surface area is 278 Å². The van der Waals surface area contributed by atoms with Crippen LogP contribution in [0.5, 0.6) is 0 Å². The van der Waals surface area contributed by atoms with Crippen molar-refractivity contribution in [1.29, 1.82) is 0 Å². The molecule has 6 heteroatoms. The van der Waals surface area contributed by atoms with Gasteiger partial charge in [-0.05, 0) is 91.2 Å². The number of hydrogen-bond acceptors (Lipinski definition) is 4. The van der Waals surface area contributed by atoms with Crippen LogP contribution in [0.4, 0.5) is 11.4 Å². The average Bonchev–Trinajstić information content (AvgIpc) is 3.04. The van der Waals surface area contributed by atoms with E-state index >= 15 is 0 Å². The number of rotatable bonds is 8. The maximum Gasteiger partial charge on any atom is 0.229 e. The van der Waals surface area contributed by atoms with Crippen molar-refractivity contribution in [3.63, 3.8) is 0 Å². The number of nitrogens with zero attached hydrogens (tertiary/aromatic N) is 2. The summed E-state index contributed by atoms with van der Waals surface area (Å²) in [6.45, 7) is 9.64. The SMILES string of the molecule is Cc1cccc(C=Cc2cccc(NC(=O)C(C)(C)C)c2)n1.Cc1cccc(C=Cc2cccc(NC(=O)Cc3ccccc3)c2)n1. The van der Waals surface area contributed by atoms with Crippen LogP contribution in [0, 0.1) is 19.3 Å². The molecule has 0 atom stereocenters. The molecule has 0 fully saturated rings. The molecule has 2 amide bonds. The predicted octanol–water partition coefficient (Wildman–Crippen LogP) is 9.29. The third-order valence-corrected chi connectivity index (χ3v) is 6.92. The molecule has 5 aromatic rings. The molecule has 0 radical (unpaired) electrons. The number of hydrogen-bond donors (Lipinski definition) is 2. The summed E-state index contributed by atoms with van der Waals surface area (Å²) in [4.78, 5) is 33.1. The summed E-state index contributed by atoms with van der Waals surface area (Å²) in [6.07, 6.45) is 8.30. The highest BCUT2D eigenvalue weighted by atomic mass is 16.2. The van der Waals surface area contributed by atoms with E-state index in [0.29, 0.717) is 6.42 Å². The van der Waals surface area contributed by atoms with Crippen molar-refractivity contribution in [2.45, 2.75) is 41.0 Å². The van der Waals surface area contributed by atoms with Crippen molar-refractivity contribution in [2.75, 3.05) is 10.6 Å². The van der Waals surface area contributed by atoms with Crippen LogP contribution < -0.4 is 10.6 Å². The van der Waals surface area contributed by atoms with E-state index in [1.165, 1.54) is 0 Å². The molecule has 0 aliphatic heterocycles. The molecule has 0 saturated carbocycles. The number of carbonyl (C=O) groups excluding carboxylic acids is 2. The van der Waals surface area contributed by atoms with Gasteiger partial charge in [-0.1, -0.05) is 99.7 Å². The fourth-order valence-corrected chi connectivity index (χ4v) is 4.42. The molecule has 0 spiro atoms. The lowest BCUT2D eigenvalue weighted by Gasteiger charge is -2.17. The van der Waals surface area contributed by atoms with Gasteiger partial charge in [-0.15, -0.1) is 0 Å². The average molecular weight is 623 g/mol. The Morgan fingerprint density at radius 3 is 1.57 bits per heavy atom. The molecule has 0 bridgehead atoms. The Bertz CT molecular complexity index is 1850. The molecule has 47 heavy (non-hydrogen) atoms. The van der Waals surface area contributed by atoms with E-state index in [-0.39, 0.29) is 11.8 Å². The smallest absolute Gasteiger partial charge is 0.229 e. The van der Waals surface area contributed by atoms with Crippen molar-refractivity contribution >= 4 is 47.5 Å². The zero-order valence-corrected chi connectivity index (χ0v) is 27.7. The topological polar surface area (TPSA) is 84.0 Å². The van der Waals surface area contributed by atoms with E-state index in [2.05, 4.69) is 20.6 Å². The molecular formula is C41H42N4O2. The van der Waals surface area contributed by atoms with Crippen molar-refractivity contribution in [2.24, 2.45) is 5.41 Å². The normalized spacial score (nSPS) is 11.2. The van der Waals surface area contributed by atoms with Crippen molar-refractivity contribution < 1.29 is 9.59 Å². The summed E-state index contributed by atoms with van der Waals surface area (Å²) in [5.74, 6) is -0.0124. The minimum absolute atomic E-state index is 0.00832. The highest BCUT2D eigenvalue weighted by molar-refractivity contribution is 5.95. The molecule has 5 rings (SSSR count). The lowest BCUT2D eigenvalue weighted by atomic mass is 9.95. The van der Waals surface area contributed by atoms with Gasteiger partial charge in [0.15, 0.2) is 0 Å². The molecule has 238 valence electrons. The van der Waals surface area contributed by atoms with Gasteiger partial charge in [-0.25, -0.2) is 0 Å². The van der Waals surface area contributed by atoms with Crippen LogP contribution in [-0.2, 0) is 16.0 Å². The van der Waals surface area contributed by atoms with E-state index in [0.717, 1.165) is 50.8 Å². The molecule has 2 aromatic heterocycles. The zero-order valence-electron chi connectivity index (χ0n) is 27.7. The van der Waals surface area contributed by atoms with Crippen LogP contribution in [0.15, 0.2) is 115 Å². The van der Waals surface area contributed by atoms with Gasteiger partial charge >= 0.3 is 0 Å². The van der Waals surface area contributed by atoms with E-state index in [1.54, 1.807) is 0 Å². The molecule has 2 N–H and O–H groups in total. The minimum atomic E-state index is -0.405. The molecule has 6 nitrogen and oxygen atoms in total. The van der Waals surface area contributed by atoms with Crippen molar-refractivity contribution in [3.8, 4) is 0 Å². The second-order valence-corrected chi connectivity index (χ2v) is 12.2. The fourth-order valence-electron chi connectivity index (χ4n) is 4.42. The van der Waals surface area contributed by atoms with Gasteiger partial charge in [-0.2, -0.15) is 0 Å². The first-order chi connectivity index (χ1) is 22.5. The first kappa shape index (κ1) is 34.3. The maximum atomic E-state index is 12.2. The number of nitrogens with one attached hydrogen (secondary N) is 2. The molecule has 0 unspecified atom stereocenters. The summed E-state index contributed by atoms with van der Waals surface area (Å²) in [5, 5.41) is 5.89. The maximum absolute atomic E-state index is 12.2. The number of amides is 2. The number of pyridine rings is 2. The lowest BCUT2D eigenvalue weighted by Crippen LogP contribution is -2.27. The van der Waals surface area contributed by atoms with Gasteiger partial charge in [0, 0.05) is 28.2 Å². The fraction of sp³-hybridized carbons (Fsp3) is 0.171. The quantitative estimate of drug-likeness (QED) is 0.181. The van der Waals surface area contributed by atoms with Gasteiger partial charge in [0.25, 0.3) is 0 Å². The van der Waals surface area contributed by atoms with E-state index < -0.39 is 5.41 Å². The van der Waals surface area contributed by atoms with Crippen LogP contribution in [-0.4, -0.2) is 21.8 Å². The summed E-state index contributed by atoms with van der Waals surface area (Å²) in [5.41, 5.74) is 8.05. The standard InChI is InChI=1S/C22H20N2O.C19H22N2O/c1-17-7-5-11-20(23-17)14-13-19-10-6-12-21(15-19)24-22(25)16-18-8-3-2-4-9-18;1-14-7-5-9-16(20-14)12-11-15-8-6-10-17(13-15)21-18(22)19(2,3)4/h2-15H,16H2,1H3,(H,24,25);5-13H,1-4H3,(H,21,22). The summed E-state index contributed by atoms with van der Waals surface area (Å²) in [6, 6.07) is 37.1. The largest absolute Gasteiger partial charge is 0.326 e. The highest BCUT2D eigenvalue weighted by Gasteiger charge is 2.21. The number of anilines is 2. The van der Waals surface area contributed by atoms with E-state index in [4.69, 9.17) is 0 Å². The molecule has 0 saturated heterocycles. The second kappa shape index (κ2) is 16.6. The molecular weight excluding hydrogens is 580 g/mol. The van der Waals surface area contributed by atoms with Gasteiger partial charge in [0.1, 0.15) is 0 Å². The molecule has 2 heterocycles. The van der Waals surface area contributed by atoms with Gasteiger partial charge < -0.3 is 10.6 Å². The Balaban J connectivity index is 0.000000215. The highest BCUT2D eigenvalue weighted by Crippen LogP contribution is 2.19. The van der Waals surface area contributed by atoms with Crippen molar-refractivity contribution in [1.82, 2.24) is 9.97 Å². The van der Waals surface area contributed by atoms with Crippen LogP contribution >= 0.6 is 0 Å². The molecule has 3 aromatic carbocycles. The Kier molecular flexibility index (Phi) is 12.1. The lowest BCUT2D eigenvalue weighted by molar-refractivity contribution is -0.123. The number of aryl methyl sites for hydroxylation is 2. The van der Waals surface area contributed by atoms with Crippen LogP contribution in [0.3, 0.4) is 0 Å². The molecule has 0 aliphatic carbocycles. The second-order valence-electron chi connectivity index (χ2n) is 12.2. The molecule has 0 aliphatic rings. The van der Waals surface area contributed by atoms with Gasteiger partial charge in [-0.3, -0.25) is 19.6 Å². The van der Waals surface area contributed by atoms with Crippen LogP contribution in [0.1, 0.15) is 60.2 Å².